The molecule has 0 unspecified atom stereocenters. The molecule has 0 aliphatic rings. The van der Waals surface area contributed by atoms with Crippen molar-refractivity contribution in [2.24, 2.45) is 0 Å². The van der Waals surface area contributed by atoms with Crippen LogP contribution in [0.2, 0.25) is 0 Å². The summed E-state index contributed by atoms with van der Waals surface area (Å²) in [4.78, 5) is 11.0. The van der Waals surface area contributed by atoms with E-state index in [-0.39, 0.29) is 0 Å². The van der Waals surface area contributed by atoms with Gasteiger partial charge in [-0.3, -0.25) is 0 Å². The van der Waals surface area contributed by atoms with Crippen LogP contribution in [-0.4, -0.2) is 30.7 Å². The van der Waals surface area contributed by atoms with Crippen LogP contribution in [0.1, 0.15) is 6.92 Å². The van der Waals surface area contributed by atoms with Gasteiger partial charge in [0.1, 0.15) is 11.2 Å². The van der Waals surface area contributed by atoms with Crippen molar-refractivity contribution in [2.75, 3.05) is 0 Å². The van der Waals surface area contributed by atoms with Gasteiger partial charge in [-0.05, 0) is 6.92 Å². The van der Waals surface area contributed by atoms with E-state index in [0.717, 1.165) is 5.65 Å². The highest BCUT2D eigenvalue weighted by Crippen LogP contribution is 2.09. The summed E-state index contributed by atoms with van der Waals surface area (Å²) in [6, 6.07) is 0. The molecular formula is C8H10N4OS. The van der Waals surface area contributed by atoms with Crippen LogP contribution in [0.4, 0.5) is 0 Å². The van der Waals surface area contributed by atoms with Crippen LogP contribution < -0.4 is 0 Å². The minimum Gasteiger partial charge on any atom is -0.392 e. The van der Waals surface area contributed by atoms with E-state index in [1.165, 1.54) is 6.33 Å². The van der Waals surface area contributed by atoms with Crippen LogP contribution in [-0.2, 0) is 6.54 Å². The summed E-state index contributed by atoms with van der Waals surface area (Å²) in [5.41, 5.74) is 1.47. The maximum absolute atomic E-state index is 9.25. The fourth-order valence-electron chi connectivity index (χ4n) is 1.33. The Kier molecular flexibility index (Phi) is 2.30. The van der Waals surface area contributed by atoms with Crippen molar-refractivity contribution in [3.8, 4) is 0 Å². The molecule has 0 bridgehead atoms. The molecule has 0 aliphatic heterocycles. The summed E-state index contributed by atoms with van der Waals surface area (Å²) in [7, 11) is 0. The number of H-pyrrole nitrogens is 1. The maximum Gasteiger partial charge on any atom is 0.157 e. The number of rotatable bonds is 2. The van der Waals surface area contributed by atoms with Gasteiger partial charge >= 0.3 is 0 Å². The van der Waals surface area contributed by atoms with E-state index in [9.17, 15) is 5.11 Å². The van der Waals surface area contributed by atoms with Crippen LogP contribution in [0.3, 0.4) is 0 Å². The Morgan fingerprint density at radius 2 is 2.43 bits per heavy atom. The number of nitrogens with one attached hydrogen (secondary N) is 1. The lowest BCUT2D eigenvalue weighted by Gasteiger charge is -2.05. The Hall–Kier alpha value is -1.27. The molecule has 2 aromatic heterocycles. The second-order valence-corrected chi connectivity index (χ2v) is 3.54. The first-order chi connectivity index (χ1) is 6.68. The van der Waals surface area contributed by atoms with Gasteiger partial charge in [-0.1, -0.05) is 12.2 Å². The number of aliphatic hydroxyl groups is 1. The smallest absolute Gasteiger partial charge is 0.157 e. The Morgan fingerprint density at radius 1 is 1.64 bits per heavy atom. The largest absolute Gasteiger partial charge is 0.392 e. The van der Waals surface area contributed by atoms with Crippen molar-refractivity contribution >= 4 is 23.4 Å². The lowest BCUT2D eigenvalue weighted by molar-refractivity contribution is 0.175. The topological polar surface area (TPSA) is 66.7 Å². The molecule has 2 aromatic rings. The number of aliphatic hydroxyl groups excluding tert-OH is 1. The Balaban J connectivity index is 2.58. The number of aromatic nitrogens is 4. The summed E-state index contributed by atoms with van der Waals surface area (Å²) in [6.45, 7) is 2.22. The zero-order valence-electron chi connectivity index (χ0n) is 7.64. The number of hydrogen-bond acceptors (Lipinski definition) is 4. The van der Waals surface area contributed by atoms with Gasteiger partial charge in [-0.2, -0.15) is 0 Å². The van der Waals surface area contributed by atoms with Gasteiger partial charge in [0.2, 0.25) is 0 Å². The highest BCUT2D eigenvalue weighted by atomic mass is 32.1. The molecule has 0 saturated heterocycles. The Bertz CT molecular complexity index is 501. The van der Waals surface area contributed by atoms with E-state index >= 15 is 0 Å². The molecule has 0 aromatic carbocycles. The summed E-state index contributed by atoms with van der Waals surface area (Å²) in [6.07, 6.45) is 2.76. The molecular weight excluding hydrogens is 200 g/mol. The zero-order valence-corrected chi connectivity index (χ0v) is 8.45. The van der Waals surface area contributed by atoms with Crippen molar-refractivity contribution in [3.63, 3.8) is 0 Å². The normalized spacial score (nSPS) is 13.3. The van der Waals surface area contributed by atoms with Crippen LogP contribution in [0.25, 0.3) is 11.2 Å². The second kappa shape index (κ2) is 3.47. The average molecular weight is 210 g/mol. The summed E-state index contributed by atoms with van der Waals surface area (Å²) >= 11 is 5.01. The Morgan fingerprint density at radius 3 is 3.14 bits per heavy atom. The highest BCUT2D eigenvalue weighted by molar-refractivity contribution is 7.71. The molecule has 0 radical (unpaired) electrons. The lowest BCUT2D eigenvalue weighted by atomic mass is 10.4. The van der Waals surface area contributed by atoms with E-state index in [1.807, 2.05) is 4.57 Å². The molecule has 14 heavy (non-hydrogen) atoms. The van der Waals surface area contributed by atoms with Gasteiger partial charge < -0.3 is 14.7 Å². The molecule has 6 heteroatoms. The molecule has 2 N–H and O–H groups in total. The number of imidazole rings is 1. The highest BCUT2D eigenvalue weighted by Gasteiger charge is 2.05. The van der Waals surface area contributed by atoms with Crippen molar-refractivity contribution in [2.45, 2.75) is 19.6 Å². The molecule has 74 valence electrons. The van der Waals surface area contributed by atoms with Crippen LogP contribution in [0, 0.1) is 4.64 Å². The zero-order chi connectivity index (χ0) is 10.1. The molecule has 0 fully saturated rings. The molecule has 0 aliphatic carbocycles. The van der Waals surface area contributed by atoms with E-state index in [1.54, 1.807) is 13.3 Å². The predicted molar refractivity (Wildman–Crippen MR) is 54.4 cm³/mol. The standard InChI is InChI=1S/C8H10N4OS/c1-5(13)2-12-4-11-6-7(12)9-3-10-8(6)14/h3-5,13H,2H2,1H3,(H,9,10,14)/t5-/m1/s1. The third-order valence-corrected chi connectivity index (χ3v) is 2.18. The van der Waals surface area contributed by atoms with Gasteiger partial charge in [-0.25, -0.2) is 9.97 Å². The van der Waals surface area contributed by atoms with Crippen LogP contribution in [0.15, 0.2) is 12.7 Å². The first kappa shape index (κ1) is 9.29. The molecule has 0 amide bonds. The fourth-order valence-corrected chi connectivity index (χ4v) is 1.53. The van der Waals surface area contributed by atoms with E-state index in [4.69, 9.17) is 12.2 Å². The molecule has 5 nitrogen and oxygen atoms in total. The first-order valence-corrected chi connectivity index (χ1v) is 4.66. The predicted octanol–water partition coefficient (Wildman–Crippen LogP) is 0.870. The van der Waals surface area contributed by atoms with Gasteiger partial charge in [-0.15, -0.1) is 0 Å². The quantitative estimate of drug-likeness (QED) is 0.722. The van der Waals surface area contributed by atoms with E-state index in [0.29, 0.717) is 16.7 Å². The fraction of sp³-hybridized carbons (Fsp3) is 0.375. The molecule has 0 spiro atoms. The van der Waals surface area contributed by atoms with Gasteiger partial charge in [0.15, 0.2) is 4.64 Å². The first-order valence-electron chi connectivity index (χ1n) is 4.25. The molecule has 0 saturated carbocycles. The van der Waals surface area contributed by atoms with Crippen molar-refractivity contribution in [1.82, 2.24) is 19.5 Å². The summed E-state index contributed by atoms with van der Waals surface area (Å²) in [5.74, 6) is 0. The molecule has 2 heterocycles. The summed E-state index contributed by atoms with van der Waals surface area (Å²) in [5, 5.41) is 9.25. The second-order valence-electron chi connectivity index (χ2n) is 3.15. The minimum absolute atomic E-state index is 0.414. The van der Waals surface area contributed by atoms with Gasteiger partial charge in [0.05, 0.1) is 25.3 Å². The Labute approximate surface area is 85.4 Å². The third kappa shape index (κ3) is 1.53. The maximum atomic E-state index is 9.25. The number of aromatic amines is 1. The molecule has 1 atom stereocenters. The average Bonchev–Trinajstić information content (AvgIpc) is 2.49. The van der Waals surface area contributed by atoms with Crippen molar-refractivity contribution in [3.05, 3.63) is 17.3 Å². The lowest BCUT2D eigenvalue weighted by Crippen LogP contribution is -2.11. The van der Waals surface area contributed by atoms with Crippen LogP contribution in [0.5, 0.6) is 0 Å². The number of fused-ring (bicyclic) bond motifs is 1. The van der Waals surface area contributed by atoms with Gasteiger partial charge in [0, 0.05) is 0 Å². The van der Waals surface area contributed by atoms with Crippen LogP contribution >= 0.6 is 12.2 Å². The number of nitrogens with zero attached hydrogens (tertiary/aromatic N) is 3. The number of hydrogen-bond donors (Lipinski definition) is 2. The van der Waals surface area contributed by atoms with Crippen molar-refractivity contribution < 1.29 is 5.11 Å². The van der Waals surface area contributed by atoms with Gasteiger partial charge in [0.25, 0.3) is 0 Å². The van der Waals surface area contributed by atoms with Crippen molar-refractivity contribution in [1.29, 1.82) is 0 Å². The van der Waals surface area contributed by atoms with E-state index < -0.39 is 6.10 Å². The minimum atomic E-state index is -0.414. The third-order valence-electron chi connectivity index (χ3n) is 1.88. The monoisotopic (exact) mass is 210 g/mol. The SMILES string of the molecule is C[C@@H](O)Cn1cnc2c(=S)nc[nH]c21. The summed E-state index contributed by atoms with van der Waals surface area (Å²) < 4.78 is 2.29. The molecule has 2 rings (SSSR count). The van der Waals surface area contributed by atoms with E-state index in [2.05, 4.69) is 15.0 Å².